The van der Waals surface area contributed by atoms with Gasteiger partial charge in [0, 0.05) is 18.2 Å². The molecule has 9 nitrogen and oxygen atoms in total. The minimum Gasteiger partial charge on any atom is -0.508 e. The quantitative estimate of drug-likeness (QED) is 0.397. The fourth-order valence-corrected chi connectivity index (χ4v) is 4.23. The molecule has 4 N–H and O–H groups in total. The number of rotatable bonds is 10. The van der Waals surface area contributed by atoms with Gasteiger partial charge in [0.2, 0.25) is 11.8 Å². The maximum absolute atomic E-state index is 13.6. The van der Waals surface area contributed by atoms with Crippen molar-refractivity contribution in [3.8, 4) is 5.75 Å². The lowest BCUT2D eigenvalue weighted by Gasteiger charge is -2.35. The first kappa shape index (κ1) is 28.4. The number of aliphatic hydroxyl groups is 1. The molecule has 0 bridgehead atoms. The van der Waals surface area contributed by atoms with Crippen LogP contribution in [0.15, 0.2) is 24.3 Å². The number of para-hydroxylation sites is 1. The Labute approximate surface area is 208 Å². The van der Waals surface area contributed by atoms with Gasteiger partial charge in [0.15, 0.2) is 0 Å². The Hall–Kier alpha value is -2.81. The number of phenolic OH excluding ortho intramolecular Hbond substituents is 1. The van der Waals surface area contributed by atoms with Gasteiger partial charge in [0.25, 0.3) is 0 Å². The van der Waals surface area contributed by atoms with Crippen molar-refractivity contribution in [1.29, 1.82) is 0 Å². The van der Waals surface area contributed by atoms with Crippen LogP contribution in [0.2, 0.25) is 0 Å². The lowest BCUT2D eigenvalue weighted by Crippen LogP contribution is -2.55. The highest BCUT2D eigenvalue weighted by Crippen LogP contribution is 2.31. The average Bonchev–Trinajstić information content (AvgIpc) is 2.80. The predicted molar refractivity (Wildman–Crippen MR) is 133 cm³/mol. The summed E-state index contributed by atoms with van der Waals surface area (Å²) < 4.78 is 5.24. The smallest absolute Gasteiger partial charge is 0.408 e. The molecule has 2 rings (SSSR count). The van der Waals surface area contributed by atoms with Crippen LogP contribution >= 0.6 is 0 Å². The second kappa shape index (κ2) is 13.3. The van der Waals surface area contributed by atoms with Gasteiger partial charge in [0.05, 0.1) is 6.61 Å². The summed E-state index contributed by atoms with van der Waals surface area (Å²) in [5.41, 5.74) is -0.493. The van der Waals surface area contributed by atoms with Gasteiger partial charge in [-0.15, -0.1) is 0 Å². The van der Waals surface area contributed by atoms with Crippen molar-refractivity contribution in [3.63, 3.8) is 0 Å². The first-order valence-electron chi connectivity index (χ1n) is 12.6. The zero-order chi connectivity index (χ0) is 26.0. The van der Waals surface area contributed by atoms with Gasteiger partial charge in [-0.1, -0.05) is 50.8 Å². The third-order valence-electron chi connectivity index (χ3n) is 5.95. The molecule has 0 spiro atoms. The monoisotopic (exact) mass is 491 g/mol. The van der Waals surface area contributed by atoms with Gasteiger partial charge >= 0.3 is 6.09 Å². The molecule has 35 heavy (non-hydrogen) atoms. The number of alkyl carbamates (subject to hydrolysis) is 1. The number of nitrogens with zero attached hydrogens (tertiary/aromatic N) is 1. The molecule has 1 aromatic rings. The van der Waals surface area contributed by atoms with Crippen LogP contribution < -0.4 is 10.6 Å². The molecule has 1 fully saturated rings. The third-order valence-corrected chi connectivity index (χ3v) is 5.95. The molecular weight excluding hydrogens is 450 g/mol. The number of hydrogen-bond acceptors (Lipinski definition) is 6. The number of ether oxygens (including phenoxy) is 1. The highest BCUT2D eigenvalue weighted by Gasteiger charge is 2.37. The van der Waals surface area contributed by atoms with Crippen LogP contribution in [-0.2, 0) is 14.3 Å². The molecule has 9 heteroatoms. The summed E-state index contributed by atoms with van der Waals surface area (Å²) in [6.45, 7) is 6.58. The van der Waals surface area contributed by atoms with Crippen LogP contribution in [-0.4, -0.2) is 63.9 Å². The molecule has 1 aromatic carbocycles. The molecule has 196 valence electrons. The van der Waals surface area contributed by atoms with Crippen LogP contribution in [0.1, 0.15) is 84.2 Å². The van der Waals surface area contributed by atoms with Gasteiger partial charge < -0.3 is 30.5 Å². The molecule has 0 saturated heterocycles. The highest BCUT2D eigenvalue weighted by atomic mass is 16.6. The minimum atomic E-state index is -1.31. The van der Waals surface area contributed by atoms with Crippen LogP contribution in [0.25, 0.3) is 0 Å². The Morgan fingerprint density at radius 2 is 1.80 bits per heavy atom. The van der Waals surface area contributed by atoms with E-state index in [-0.39, 0.29) is 18.3 Å². The molecule has 2 atom stereocenters. The van der Waals surface area contributed by atoms with Crippen molar-refractivity contribution in [3.05, 3.63) is 29.8 Å². The van der Waals surface area contributed by atoms with E-state index < -0.39 is 42.2 Å². The number of aromatic hydroxyl groups is 1. The van der Waals surface area contributed by atoms with Crippen molar-refractivity contribution in [2.45, 2.75) is 96.4 Å². The number of nitrogens with one attached hydrogen (secondary N) is 2. The van der Waals surface area contributed by atoms with Gasteiger partial charge in [-0.25, -0.2) is 4.79 Å². The maximum atomic E-state index is 13.6. The summed E-state index contributed by atoms with van der Waals surface area (Å²) in [7, 11) is 0. The summed E-state index contributed by atoms with van der Waals surface area (Å²) in [5.74, 6) is -1.12. The van der Waals surface area contributed by atoms with Crippen LogP contribution in [0.4, 0.5) is 4.79 Å². The first-order valence-corrected chi connectivity index (χ1v) is 12.6. The van der Waals surface area contributed by atoms with Crippen molar-refractivity contribution in [2.75, 3.05) is 13.2 Å². The summed E-state index contributed by atoms with van der Waals surface area (Å²) in [6.07, 6.45) is 5.41. The molecule has 0 aromatic heterocycles. The topological polar surface area (TPSA) is 128 Å². The number of benzene rings is 1. The average molecular weight is 492 g/mol. The first-order chi connectivity index (χ1) is 16.6. The zero-order valence-corrected chi connectivity index (χ0v) is 21.4. The normalized spacial score (nSPS) is 16.1. The Morgan fingerprint density at radius 1 is 1.14 bits per heavy atom. The fraction of sp³-hybridized carbons (Fsp3) is 0.654. The number of phenols is 1. The number of carbonyl (C=O) groups is 3. The highest BCUT2D eigenvalue weighted by molar-refractivity contribution is 5.92. The maximum Gasteiger partial charge on any atom is 0.408 e. The molecule has 1 saturated carbocycles. The summed E-state index contributed by atoms with van der Waals surface area (Å²) >= 11 is 0. The van der Waals surface area contributed by atoms with Gasteiger partial charge in [-0.3, -0.25) is 9.59 Å². The van der Waals surface area contributed by atoms with E-state index in [4.69, 9.17) is 4.74 Å². The molecule has 0 radical (unpaired) electrons. The van der Waals surface area contributed by atoms with Crippen molar-refractivity contribution in [2.24, 2.45) is 0 Å². The lowest BCUT2D eigenvalue weighted by molar-refractivity contribution is -0.143. The predicted octanol–water partition coefficient (Wildman–Crippen LogP) is 3.40. The van der Waals surface area contributed by atoms with Crippen molar-refractivity contribution in [1.82, 2.24) is 15.5 Å². The van der Waals surface area contributed by atoms with Crippen LogP contribution in [0.3, 0.4) is 0 Å². The van der Waals surface area contributed by atoms with E-state index in [2.05, 4.69) is 10.6 Å². The number of hydrogen-bond donors (Lipinski definition) is 4. The van der Waals surface area contributed by atoms with E-state index in [0.717, 1.165) is 38.5 Å². The number of carbonyl (C=O) groups excluding carboxylic acids is 3. The van der Waals surface area contributed by atoms with Gasteiger partial charge in [-0.05, 0) is 46.1 Å². The molecular formula is C26H41N3O6. The molecule has 1 aliphatic carbocycles. The van der Waals surface area contributed by atoms with E-state index in [0.29, 0.717) is 12.0 Å². The van der Waals surface area contributed by atoms with E-state index in [1.807, 2.05) is 6.92 Å². The van der Waals surface area contributed by atoms with E-state index in [1.165, 1.54) is 11.0 Å². The molecule has 1 aliphatic rings. The Balaban J connectivity index is 2.39. The largest absolute Gasteiger partial charge is 0.508 e. The summed E-state index contributed by atoms with van der Waals surface area (Å²) in [5, 5.41) is 26.1. The SMILES string of the molecule is CCCCN(C(=O)C(CO)NC(=O)OC(C)(C)C)C(C(=O)NC1CCCCC1)c1ccccc1O. The molecule has 0 heterocycles. The second-order valence-electron chi connectivity index (χ2n) is 10.1. The summed E-state index contributed by atoms with van der Waals surface area (Å²) in [6, 6.07) is 4.00. The van der Waals surface area contributed by atoms with E-state index >= 15 is 0 Å². The van der Waals surface area contributed by atoms with E-state index in [9.17, 15) is 24.6 Å². The lowest BCUT2D eigenvalue weighted by atomic mass is 9.94. The fourth-order valence-electron chi connectivity index (χ4n) is 4.23. The summed E-state index contributed by atoms with van der Waals surface area (Å²) in [4.78, 5) is 40.9. The van der Waals surface area contributed by atoms with Crippen molar-refractivity contribution >= 4 is 17.9 Å². The third kappa shape index (κ3) is 8.72. The van der Waals surface area contributed by atoms with Crippen LogP contribution in [0, 0.1) is 0 Å². The van der Waals surface area contributed by atoms with Crippen molar-refractivity contribution < 1.29 is 29.3 Å². The zero-order valence-electron chi connectivity index (χ0n) is 21.4. The molecule has 3 amide bonds. The number of unbranched alkanes of at least 4 members (excludes halogenated alkanes) is 1. The van der Waals surface area contributed by atoms with E-state index in [1.54, 1.807) is 39.0 Å². The number of aliphatic hydroxyl groups excluding tert-OH is 1. The minimum absolute atomic E-state index is 0.00117. The van der Waals surface area contributed by atoms with Crippen LogP contribution in [0.5, 0.6) is 5.75 Å². The Kier molecular flexibility index (Phi) is 10.8. The second-order valence-corrected chi connectivity index (χ2v) is 10.1. The van der Waals surface area contributed by atoms with Gasteiger partial charge in [0.1, 0.15) is 23.4 Å². The molecule has 0 aliphatic heterocycles. The molecule has 2 unspecified atom stereocenters. The number of amides is 3. The Bertz CT molecular complexity index is 848. The van der Waals surface area contributed by atoms with Gasteiger partial charge in [-0.2, -0.15) is 0 Å². The standard InChI is InChI=1S/C26H41N3O6/c1-5-6-16-29(24(33)20(17-30)28-25(34)35-26(2,3)4)22(19-14-10-11-15-21(19)31)23(32)27-18-12-8-7-9-13-18/h10-11,14-15,18,20,22,30-31H,5-9,12-13,16-17H2,1-4H3,(H,27,32)(H,28,34). The Morgan fingerprint density at radius 3 is 2.37 bits per heavy atom.